The highest BCUT2D eigenvalue weighted by molar-refractivity contribution is 9.11. The Hall–Kier alpha value is -3.23. The van der Waals surface area contributed by atoms with E-state index in [0.717, 1.165) is 25.0 Å². The molecule has 5 rings (SSSR count). The Bertz CT molecular complexity index is 1970. The maximum atomic E-state index is 14.7. The van der Waals surface area contributed by atoms with Gasteiger partial charge in [-0.05, 0) is 128 Å². The quantitative estimate of drug-likeness (QED) is 0.0698. The molecule has 0 saturated heterocycles. The van der Waals surface area contributed by atoms with Crippen molar-refractivity contribution in [3.63, 3.8) is 0 Å². The average Bonchev–Trinajstić information content (AvgIpc) is 3.91. The molecule has 16 heteroatoms. The van der Waals surface area contributed by atoms with Gasteiger partial charge in [0.25, 0.3) is 0 Å². The molecule has 53 heavy (non-hydrogen) atoms. The molecule has 0 spiro atoms. The molecule has 0 radical (unpaired) electrons. The van der Waals surface area contributed by atoms with E-state index in [1.165, 1.54) is 24.3 Å². The topological polar surface area (TPSA) is 85.9 Å². The number of rotatable bonds is 15. The number of alkyl halides is 3. The number of halogens is 9. The van der Waals surface area contributed by atoms with Crippen LogP contribution in [0.4, 0.5) is 28.9 Å². The van der Waals surface area contributed by atoms with Gasteiger partial charge in [0.15, 0.2) is 11.6 Å². The van der Waals surface area contributed by atoms with Crippen molar-refractivity contribution in [1.29, 1.82) is 0 Å². The zero-order chi connectivity index (χ0) is 38.4. The molecule has 2 N–H and O–H groups in total. The van der Waals surface area contributed by atoms with Crippen molar-refractivity contribution in [3.8, 4) is 11.5 Å². The summed E-state index contributed by atoms with van der Waals surface area (Å²) in [5.41, 5.74) is 1.34. The van der Waals surface area contributed by atoms with Crippen LogP contribution in [0, 0.1) is 11.7 Å². The molecule has 0 heterocycles. The van der Waals surface area contributed by atoms with Crippen molar-refractivity contribution in [1.82, 2.24) is 0 Å². The second kappa shape index (κ2) is 17.9. The lowest BCUT2D eigenvalue weighted by Gasteiger charge is -2.15. The van der Waals surface area contributed by atoms with Crippen LogP contribution in [0.2, 0.25) is 15.1 Å². The van der Waals surface area contributed by atoms with E-state index >= 15 is 0 Å². The molecule has 0 atom stereocenters. The van der Waals surface area contributed by atoms with Crippen LogP contribution in [-0.4, -0.2) is 25.5 Å². The summed E-state index contributed by atoms with van der Waals surface area (Å²) in [5, 5.41) is 6.34. The van der Waals surface area contributed by atoms with Gasteiger partial charge < -0.3 is 24.8 Å². The fourth-order valence-corrected chi connectivity index (χ4v) is 7.63. The second-order valence-electron chi connectivity index (χ2n) is 12.3. The Kier molecular flexibility index (Phi) is 13.9. The van der Waals surface area contributed by atoms with E-state index < -0.39 is 29.5 Å². The van der Waals surface area contributed by atoms with E-state index in [0.29, 0.717) is 49.0 Å². The highest BCUT2D eigenvalue weighted by atomic mass is 79.9. The van der Waals surface area contributed by atoms with Crippen LogP contribution in [0.1, 0.15) is 47.1 Å². The minimum Gasteiger partial charge on any atom is -0.486 e. The summed E-state index contributed by atoms with van der Waals surface area (Å²) >= 11 is 25.7. The molecule has 0 amide bonds. The lowest BCUT2D eigenvalue weighted by molar-refractivity contribution is -0.159. The van der Waals surface area contributed by atoms with E-state index in [9.17, 15) is 27.2 Å². The van der Waals surface area contributed by atoms with E-state index in [4.69, 9.17) is 49.0 Å². The highest BCUT2D eigenvalue weighted by Crippen LogP contribution is 2.38. The van der Waals surface area contributed by atoms with Gasteiger partial charge in [-0.25, -0.2) is 4.39 Å². The lowest BCUT2D eigenvalue weighted by Crippen LogP contribution is -2.15. The summed E-state index contributed by atoms with van der Waals surface area (Å²) in [6.07, 6.45) is -2.71. The third-order valence-corrected chi connectivity index (χ3v) is 10.0. The average molecular weight is 926 g/mol. The third kappa shape index (κ3) is 11.6. The molecule has 1 aliphatic carbocycles. The fourth-order valence-electron chi connectivity index (χ4n) is 5.24. The highest BCUT2D eigenvalue weighted by Gasteiger charge is 2.31. The number of ether oxygens (including phenoxy) is 3. The van der Waals surface area contributed by atoms with Gasteiger partial charge in [0.1, 0.15) is 19.0 Å². The van der Waals surface area contributed by atoms with E-state index in [1.807, 2.05) is 0 Å². The number of hydrogen-bond donors (Lipinski definition) is 2. The zero-order valence-corrected chi connectivity index (χ0v) is 33.3. The SMILES string of the molecule is CNc1cc(Cl)cc(COc2c(Br)cc(CC(=O)OC(=O)CCc3cc(Cl)c(OCc4cc(NCC5CC5)cc(C(F)(F)F)c4)c(Cl)c3)cc2Br)c1F. The van der Waals surface area contributed by atoms with Gasteiger partial charge in [-0.3, -0.25) is 9.59 Å². The van der Waals surface area contributed by atoms with Crippen LogP contribution in [0.3, 0.4) is 0 Å². The third-order valence-electron chi connectivity index (χ3n) is 8.06. The van der Waals surface area contributed by atoms with Crippen LogP contribution in [0.15, 0.2) is 63.5 Å². The number of aryl methyl sites for hydroxylation is 1. The number of nitrogens with one attached hydrogen (secondary N) is 2. The zero-order valence-electron chi connectivity index (χ0n) is 27.9. The predicted molar refractivity (Wildman–Crippen MR) is 204 cm³/mol. The van der Waals surface area contributed by atoms with Crippen LogP contribution in [0.5, 0.6) is 11.5 Å². The largest absolute Gasteiger partial charge is 0.486 e. The van der Waals surface area contributed by atoms with Crippen LogP contribution in [-0.2, 0) is 46.6 Å². The van der Waals surface area contributed by atoms with Gasteiger partial charge in [0.05, 0.1) is 43.1 Å². The first kappa shape index (κ1) is 40.9. The second-order valence-corrected chi connectivity index (χ2v) is 15.3. The van der Waals surface area contributed by atoms with Crippen molar-refractivity contribution in [2.75, 3.05) is 24.2 Å². The van der Waals surface area contributed by atoms with Gasteiger partial charge in [-0.2, -0.15) is 13.2 Å². The predicted octanol–water partition coefficient (Wildman–Crippen LogP) is 11.6. The Morgan fingerprint density at radius 1 is 0.830 bits per heavy atom. The molecule has 0 aliphatic heterocycles. The lowest BCUT2D eigenvalue weighted by atomic mass is 10.1. The summed E-state index contributed by atoms with van der Waals surface area (Å²) in [6.45, 7) is 0.246. The molecule has 1 fully saturated rings. The van der Waals surface area contributed by atoms with Crippen molar-refractivity contribution in [3.05, 3.63) is 112 Å². The molecule has 4 aromatic carbocycles. The Morgan fingerprint density at radius 2 is 1.49 bits per heavy atom. The summed E-state index contributed by atoms with van der Waals surface area (Å²) in [4.78, 5) is 25.1. The number of anilines is 2. The van der Waals surface area contributed by atoms with Gasteiger partial charge in [0, 0.05) is 29.9 Å². The number of carbonyl (C=O) groups is 2. The molecular weight excluding hydrogens is 895 g/mol. The Morgan fingerprint density at radius 3 is 2.11 bits per heavy atom. The summed E-state index contributed by atoms with van der Waals surface area (Å²) in [6, 6.07) is 12.9. The normalized spacial score (nSPS) is 12.7. The minimum atomic E-state index is -4.54. The maximum absolute atomic E-state index is 14.7. The van der Waals surface area contributed by atoms with Crippen LogP contribution < -0.4 is 20.1 Å². The van der Waals surface area contributed by atoms with Crippen molar-refractivity contribution in [2.45, 2.75) is 51.5 Å². The summed E-state index contributed by atoms with van der Waals surface area (Å²) in [5.74, 6) is -1.16. The molecular formula is C37H31Br2Cl3F4N2O5. The summed E-state index contributed by atoms with van der Waals surface area (Å²) in [7, 11) is 1.58. The first-order chi connectivity index (χ1) is 25.1. The first-order valence-corrected chi connectivity index (χ1v) is 18.9. The first-order valence-electron chi connectivity index (χ1n) is 16.1. The van der Waals surface area contributed by atoms with E-state index in [-0.39, 0.29) is 65.1 Å². The van der Waals surface area contributed by atoms with Gasteiger partial charge in [0.2, 0.25) is 0 Å². The fraction of sp³-hybridized carbons (Fsp3) is 0.297. The number of esters is 2. The van der Waals surface area contributed by atoms with Gasteiger partial charge >= 0.3 is 18.1 Å². The smallest absolute Gasteiger partial charge is 0.416 e. The molecule has 0 bridgehead atoms. The van der Waals surface area contributed by atoms with Crippen molar-refractivity contribution < 1.29 is 41.4 Å². The van der Waals surface area contributed by atoms with Gasteiger partial charge in [-0.15, -0.1) is 0 Å². The molecule has 0 unspecified atom stereocenters. The standard InChI is InChI=1S/C37H31Br2Cl3F4N2O5/c1-47-31-15-25(40)13-23(34(31)43)18-52-35-27(38)8-21(9-28(35)39)12-33(50)53-32(49)5-4-20-10-29(41)36(30(42)11-20)51-17-22-6-24(37(44,45)46)14-26(7-22)48-16-19-2-3-19/h6-11,13-15,19,47-48H,2-5,12,16-18H2,1H3. The van der Waals surface area contributed by atoms with Crippen LogP contribution in [0.25, 0.3) is 0 Å². The molecule has 4 aromatic rings. The molecule has 282 valence electrons. The number of benzene rings is 4. The molecule has 1 aliphatic rings. The van der Waals surface area contributed by atoms with Crippen LogP contribution >= 0.6 is 66.7 Å². The Balaban J connectivity index is 1.13. The van der Waals surface area contributed by atoms with Crippen molar-refractivity contribution in [2.24, 2.45) is 5.92 Å². The monoisotopic (exact) mass is 922 g/mol. The van der Waals surface area contributed by atoms with Gasteiger partial charge in [-0.1, -0.05) is 34.8 Å². The maximum Gasteiger partial charge on any atom is 0.416 e. The number of carbonyl (C=O) groups excluding carboxylic acids is 2. The minimum absolute atomic E-state index is 0.0769. The molecule has 0 aromatic heterocycles. The molecule has 7 nitrogen and oxygen atoms in total. The molecule has 1 saturated carbocycles. The Labute approximate surface area is 334 Å². The van der Waals surface area contributed by atoms with E-state index in [2.05, 4.69) is 42.5 Å². The number of hydrogen-bond acceptors (Lipinski definition) is 7. The summed E-state index contributed by atoms with van der Waals surface area (Å²) < 4.78 is 72.9. The van der Waals surface area contributed by atoms with Crippen molar-refractivity contribution >= 4 is 90.0 Å². The van der Waals surface area contributed by atoms with E-state index in [1.54, 1.807) is 25.2 Å².